The number of aromatic nitrogens is 1. The quantitative estimate of drug-likeness (QED) is 0.554. The number of ether oxygens (including phenoxy) is 2. The molecule has 138 valence electrons. The Balaban J connectivity index is 1.77. The molecule has 0 bridgehead atoms. The van der Waals surface area contributed by atoms with Crippen LogP contribution in [0.3, 0.4) is 0 Å². The molecule has 5 nitrogen and oxygen atoms in total. The molecule has 1 heterocycles. The van der Waals surface area contributed by atoms with Gasteiger partial charge in [0.15, 0.2) is 11.5 Å². The maximum atomic E-state index is 12.5. The van der Waals surface area contributed by atoms with E-state index in [9.17, 15) is 4.79 Å². The SMILES string of the molecule is COc1ccc(NC(=O)c2ccc(Br)cc2Cl)cc1OCc1cccnc1. The summed E-state index contributed by atoms with van der Waals surface area (Å²) < 4.78 is 12.0. The van der Waals surface area contributed by atoms with Gasteiger partial charge in [-0.05, 0) is 36.4 Å². The minimum Gasteiger partial charge on any atom is -0.493 e. The zero-order chi connectivity index (χ0) is 19.2. The van der Waals surface area contributed by atoms with Crippen molar-refractivity contribution in [2.75, 3.05) is 12.4 Å². The molecular weight excluding hydrogens is 432 g/mol. The first-order chi connectivity index (χ1) is 13.1. The van der Waals surface area contributed by atoms with Crippen LogP contribution < -0.4 is 14.8 Å². The minimum atomic E-state index is -0.309. The lowest BCUT2D eigenvalue weighted by atomic mass is 10.2. The Morgan fingerprint density at radius 3 is 2.74 bits per heavy atom. The molecule has 3 aromatic rings. The number of benzene rings is 2. The third-order valence-electron chi connectivity index (χ3n) is 3.71. The van der Waals surface area contributed by atoms with E-state index >= 15 is 0 Å². The van der Waals surface area contributed by atoms with Gasteiger partial charge in [0.05, 0.1) is 17.7 Å². The summed E-state index contributed by atoms with van der Waals surface area (Å²) in [4.78, 5) is 16.6. The Morgan fingerprint density at radius 2 is 2.04 bits per heavy atom. The number of carbonyl (C=O) groups excluding carboxylic acids is 1. The number of pyridine rings is 1. The molecule has 0 atom stereocenters. The van der Waals surface area contributed by atoms with E-state index in [0.29, 0.717) is 34.4 Å². The highest BCUT2D eigenvalue weighted by Crippen LogP contribution is 2.31. The number of anilines is 1. The lowest BCUT2D eigenvalue weighted by molar-refractivity contribution is 0.102. The van der Waals surface area contributed by atoms with Gasteiger partial charge in [-0.2, -0.15) is 0 Å². The summed E-state index contributed by atoms with van der Waals surface area (Å²) >= 11 is 9.47. The van der Waals surface area contributed by atoms with Gasteiger partial charge in [0.2, 0.25) is 0 Å². The van der Waals surface area contributed by atoms with Crippen LogP contribution in [0.1, 0.15) is 15.9 Å². The van der Waals surface area contributed by atoms with Gasteiger partial charge in [0, 0.05) is 34.2 Å². The molecular formula is C20H16BrClN2O3. The van der Waals surface area contributed by atoms with Crippen molar-refractivity contribution < 1.29 is 14.3 Å². The van der Waals surface area contributed by atoms with E-state index in [0.717, 1.165) is 10.0 Å². The van der Waals surface area contributed by atoms with E-state index in [-0.39, 0.29) is 5.91 Å². The number of nitrogens with one attached hydrogen (secondary N) is 1. The molecule has 0 unspecified atom stereocenters. The van der Waals surface area contributed by atoms with E-state index in [2.05, 4.69) is 26.2 Å². The minimum absolute atomic E-state index is 0.309. The second kappa shape index (κ2) is 8.88. The second-order valence-electron chi connectivity index (χ2n) is 5.59. The molecule has 0 radical (unpaired) electrons. The average Bonchev–Trinajstić information content (AvgIpc) is 2.67. The fourth-order valence-corrected chi connectivity index (χ4v) is 3.14. The summed E-state index contributed by atoms with van der Waals surface area (Å²) in [6.45, 7) is 0.333. The number of amides is 1. The molecule has 0 aliphatic carbocycles. The number of hydrogen-bond acceptors (Lipinski definition) is 4. The molecule has 1 amide bonds. The zero-order valence-electron chi connectivity index (χ0n) is 14.4. The summed E-state index contributed by atoms with van der Waals surface area (Å²) in [5.41, 5.74) is 1.88. The first-order valence-electron chi connectivity index (χ1n) is 8.03. The Morgan fingerprint density at radius 1 is 1.19 bits per heavy atom. The van der Waals surface area contributed by atoms with E-state index in [4.69, 9.17) is 21.1 Å². The summed E-state index contributed by atoms with van der Waals surface area (Å²) in [5, 5.41) is 3.19. The highest BCUT2D eigenvalue weighted by Gasteiger charge is 2.13. The van der Waals surface area contributed by atoms with Crippen LogP contribution in [0.5, 0.6) is 11.5 Å². The average molecular weight is 448 g/mol. The lowest BCUT2D eigenvalue weighted by Gasteiger charge is -2.13. The maximum Gasteiger partial charge on any atom is 0.257 e. The molecule has 27 heavy (non-hydrogen) atoms. The Bertz CT molecular complexity index is 951. The summed E-state index contributed by atoms with van der Waals surface area (Å²) in [5.74, 6) is 0.774. The molecule has 0 saturated carbocycles. The molecule has 1 N–H and O–H groups in total. The predicted molar refractivity (Wildman–Crippen MR) is 109 cm³/mol. The fraction of sp³-hybridized carbons (Fsp3) is 0.100. The van der Waals surface area contributed by atoms with Crippen LogP contribution in [-0.2, 0) is 6.61 Å². The zero-order valence-corrected chi connectivity index (χ0v) is 16.8. The van der Waals surface area contributed by atoms with Crippen LogP contribution in [0.4, 0.5) is 5.69 Å². The van der Waals surface area contributed by atoms with Gasteiger partial charge in [0.25, 0.3) is 5.91 Å². The van der Waals surface area contributed by atoms with E-state index in [1.54, 1.807) is 55.9 Å². The van der Waals surface area contributed by atoms with Crippen molar-refractivity contribution in [3.63, 3.8) is 0 Å². The van der Waals surface area contributed by atoms with Gasteiger partial charge in [-0.15, -0.1) is 0 Å². The molecule has 3 rings (SSSR count). The highest BCUT2D eigenvalue weighted by molar-refractivity contribution is 9.10. The van der Waals surface area contributed by atoms with Crippen molar-refractivity contribution in [1.82, 2.24) is 4.98 Å². The summed E-state index contributed by atoms with van der Waals surface area (Å²) in [7, 11) is 1.56. The van der Waals surface area contributed by atoms with Crippen LogP contribution in [0, 0.1) is 0 Å². The van der Waals surface area contributed by atoms with Crippen molar-refractivity contribution in [1.29, 1.82) is 0 Å². The second-order valence-corrected chi connectivity index (χ2v) is 6.92. The first-order valence-corrected chi connectivity index (χ1v) is 9.20. The lowest BCUT2D eigenvalue weighted by Crippen LogP contribution is -2.12. The number of carbonyl (C=O) groups is 1. The van der Waals surface area contributed by atoms with Crippen molar-refractivity contribution in [3.05, 3.63) is 81.5 Å². The number of hydrogen-bond donors (Lipinski definition) is 1. The number of methoxy groups -OCH3 is 1. The summed E-state index contributed by atoms with van der Waals surface area (Å²) in [6.07, 6.45) is 3.43. The van der Waals surface area contributed by atoms with Crippen molar-refractivity contribution in [2.45, 2.75) is 6.61 Å². The normalized spacial score (nSPS) is 10.3. The largest absolute Gasteiger partial charge is 0.493 e. The van der Waals surface area contributed by atoms with Crippen LogP contribution in [0.2, 0.25) is 5.02 Å². The molecule has 7 heteroatoms. The predicted octanol–water partition coefficient (Wildman–Crippen LogP) is 5.34. The van der Waals surface area contributed by atoms with Crippen molar-refractivity contribution >= 4 is 39.1 Å². The van der Waals surface area contributed by atoms with E-state index < -0.39 is 0 Å². The maximum absolute atomic E-state index is 12.5. The molecule has 0 aliphatic rings. The standard InChI is InChI=1S/C20H16BrClN2O3/c1-26-18-7-5-15(10-19(18)27-12-13-3-2-8-23-11-13)24-20(25)16-6-4-14(21)9-17(16)22/h2-11H,12H2,1H3,(H,24,25). The third kappa shape index (κ3) is 4.99. The van der Waals surface area contributed by atoms with Gasteiger partial charge in [-0.3, -0.25) is 9.78 Å². The molecule has 2 aromatic carbocycles. The van der Waals surface area contributed by atoms with Gasteiger partial charge < -0.3 is 14.8 Å². The topological polar surface area (TPSA) is 60.5 Å². The number of nitrogens with zero attached hydrogens (tertiary/aromatic N) is 1. The van der Waals surface area contributed by atoms with Crippen LogP contribution in [0.15, 0.2) is 65.4 Å². The molecule has 1 aromatic heterocycles. The van der Waals surface area contributed by atoms with Gasteiger partial charge in [0.1, 0.15) is 6.61 Å². The van der Waals surface area contributed by atoms with Crippen molar-refractivity contribution in [3.8, 4) is 11.5 Å². The Labute approximate surface area is 170 Å². The molecule has 0 saturated heterocycles. The van der Waals surface area contributed by atoms with Gasteiger partial charge in [-0.25, -0.2) is 0 Å². The highest BCUT2D eigenvalue weighted by atomic mass is 79.9. The van der Waals surface area contributed by atoms with Crippen LogP contribution >= 0.6 is 27.5 Å². The number of halogens is 2. The third-order valence-corrected chi connectivity index (χ3v) is 4.52. The monoisotopic (exact) mass is 446 g/mol. The molecule has 0 fully saturated rings. The summed E-state index contributed by atoms with van der Waals surface area (Å²) in [6, 6.07) is 14.0. The van der Waals surface area contributed by atoms with Crippen molar-refractivity contribution in [2.24, 2.45) is 0 Å². The van der Waals surface area contributed by atoms with Crippen LogP contribution in [-0.4, -0.2) is 18.0 Å². The van der Waals surface area contributed by atoms with Gasteiger partial charge in [-0.1, -0.05) is 33.6 Å². The number of rotatable bonds is 6. The van der Waals surface area contributed by atoms with E-state index in [1.807, 2.05) is 12.1 Å². The molecule has 0 aliphatic heterocycles. The Kier molecular flexibility index (Phi) is 6.32. The smallest absolute Gasteiger partial charge is 0.257 e. The first kappa shape index (κ1) is 19.2. The van der Waals surface area contributed by atoms with Gasteiger partial charge >= 0.3 is 0 Å². The van der Waals surface area contributed by atoms with Crippen LogP contribution in [0.25, 0.3) is 0 Å². The Hall–Kier alpha value is -2.57. The molecule has 0 spiro atoms. The van der Waals surface area contributed by atoms with E-state index in [1.165, 1.54) is 0 Å². The fourth-order valence-electron chi connectivity index (χ4n) is 2.38.